The maximum Gasteiger partial charge on any atom is 0.312 e. The Hall–Kier alpha value is -1.21. The summed E-state index contributed by atoms with van der Waals surface area (Å²) in [7, 11) is 0. The van der Waals surface area contributed by atoms with Crippen LogP contribution in [0.2, 0.25) is 0 Å². The zero-order valence-electron chi connectivity index (χ0n) is 11.3. The Morgan fingerprint density at radius 1 is 1.40 bits per heavy atom. The average Bonchev–Trinajstić information content (AvgIpc) is 2.92. The molecule has 7 heteroatoms. The van der Waals surface area contributed by atoms with Gasteiger partial charge in [0.25, 0.3) is 0 Å². The number of likely N-dealkylation sites (tertiary alicyclic amines) is 1. The Morgan fingerprint density at radius 3 is 2.85 bits per heavy atom. The molecule has 0 amide bonds. The number of anilines is 1. The number of hydrogen-bond acceptors (Lipinski definition) is 5. The second-order valence-electron chi connectivity index (χ2n) is 4.96. The minimum atomic E-state index is -0.412. The third-order valence-electron chi connectivity index (χ3n) is 3.42. The van der Waals surface area contributed by atoms with Gasteiger partial charge in [-0.3, -0.25) is 10.1 Å². The van der Waals surface area contributed by atoms with E-state index in [1.165, 1.54) is 32.0 Å². The molecule has 1 saturated heterocycles. The number of nitrogens with zero attached hydrogens (tertiary/aromatic N) is 3. The summed E-state index contributed by atoms with van der Waals surface area (Å²) < 4.78 is 0.615. The van der Waals surface area contributed by atoms with Crippen LogP contribution >= 0.6 is 15.9 Å². The summed E-state index contributed by atoms with van der Waals surface area (Å²) in [6.45, 7) is 4.27. The standard InChI is InChI=1S/C13H19BrN4O2/c14-11-9-12(18(19)20)13(16-10-11)15-5-1-2-6-17-7-3-4-8-17/h9-10H,1-8H2,(H,15,16). The summed E-state index contributed by atoms with van der Waals surface area (Å²) in [5, 5.41) is 14.0. The number of hydrogen-bond donors (Lipinski definition) is 1. The van der Waals surface area contributed by atoms with Crippen LogP contribution in [-0.2, 0) is 0 Å². The first-order valence-electron chi connectivity index (χ1n) is 6.93. The van der Waals surface area contributed by atoms with Crippen LogP contribution in [0.5, 0.6) is 0 Å². The second kappa shape index (κ2) is 7.54. The SMILES string of the molecule is O=[N+]([O-])c1cc(Br)cnc1NCCCCN1CCCC1. The molecule has 2 heterocycles. The van der Waals surface area contributed by atoms with Crippen LogP contribution in [-0.4, -0.2) is 41.0 Å². The van der Waals surface area contributed by atoms with E-state index in [4.69, 9.17) is 0 Å². The molecule has 0 atom stereocenters. The van der Waals surface area contributed by atoms with Gasteiger partial charge in [-0.05, 0) is 61.2 Å². The lowest BCUT2D eigenvalue weighted by atomic mass is 10.3. The number of unbranched alkanes of at least 4 members (excludes halogenated alkanes) is 1. The minimum Gasteiger partial charge on any atom is -0.364 e. The summed E-state index contributed by atoms with van der Waals surface area (Å²) in [5.74, 6) is 0.347. The van der Waals surface area contributed by atoms with E-state index >= 15 is 0 Å². The predicted molar refractivity (Wildman–Crippen MR) is 82.0 cm³/mol. The molecule has 1 N–H and O–H groups in total. The van der Waals surface area contributed by atoms with Crippen molar-refractivity contribution < 1.29 is 4.92 Å². The molecule has 0 saturated carbocycles. The summed E-state index contributed by atoms with van der Waals surface area (Å²) in [4.78, 5) is 17.1. The number of aromatic nitrogens is 1. The molecule has 1 aromatic rings. The summed E-state index contributed by atoms with van der Waals surface area (Å²) in [6, 6.07) is 1.47. The number of nitrogens with one attached hydrogen (secondary N) is 1. The van der Waals surface area contributed by atoms with Gasteiger partial charge in [0.15, 0.2) is 0 Å². The van der Waals surface area contributed by atoms with Crippen molar-refractivity contribution in [2.24, 2.45) is 0 Å². The van der Waals surface area contributed by atoms with Crippen LogP contribution in [0, 0.1) is 10.1 Å². The minimum absolute atomic E-state index is 0.0129. The Balaban J connectivity index is 1.74. The molecule has 0 bridgehead atoms. The average molecular weight is 343 g/mol. The molecule has 1 fully saturated rings. The summed E-state index contributed by atoms with van der Waals surface area (Å²) in [6.07, 6.45) is 6.29. The Kier molecular flexibility index (Phi) is 5.72. The van der Waals surface area contributed by atoms with Crippen LogP contribution in [0.25, 0.3) is 0 Å². The van der Waals surface area contributed by atoms with E-state index in [2.05, 4.69) is 31.1 Å². The van der Waals surface area contributed by atoms with Gasteiger partial charge in [0, 0.05) is 23.3 Å². The third-order valence-corrected chi connectivity index (χ3v) is 3.86. The van der Waals surface area contributed by atoms with Crippen molar-refractivity contribution in [3.8, 4) is 0 Å². The smallest absolute Gasteiger partial charge is 0.312 e. The van der Waals surface area contributed by atoms with Crippen molar-refractivity contribution in [1.82, 2.24) is 9.88 Å². The van der Waals surface area contributed by atoms with Gasteiger partial charge in [-0.1, -0.05) is 0 Å². The fraction of sp³-hybridized carbons (Fsp3) is 0.615. The van der Waals surface area contributed by atoms with Gasteiger partial charge in [-0.25, -0.2) is 4.98 Å². The largest absolute Gasteiger partial charge is 0.364 e. The van der Waals surface area contributed by atoms with E-state index in [1.54, 1.807) is 6.20 Å². The highest BCUT2D eigenvalue weighted by atomic mass is 79.9. The molecule has 1 aromatic heterocycles. The normalized spacial score (nSPS) is 15.4. The van der Waals surface area contributed by atoms with Gasteiger partial charge in [0.2, 0.25) is 5.82 Å². The molecule has 0 aliphatic carbocycles. The van der Waals surface area contributed by atoms with E-state index in [0.29, 0.717) is 16.8 Å². The van der Waals surface area contributed by atoms with Crippen LogP contribution in [0.15, 0.2) is 16.7 Å². The lowest BCUT2D eigenvalue weighted by molar-refractivity contribution is -0.384. The number of halogens is 1. The summed E-state index contributed by atoms with van der Waals surface area (Å²) >= 11 is 3.20. The van der Waals surface area contributed by atoms with Crippen molar-refractivity contribution in [1.29, 1.82) is 0 Å². The molecular formula is C13H19BrN4O2. The molecule has 0 unspecified atom stereocenters. The van der Waals surface area contributed by atoms with Gasteiger partial charge >= 0.3 is 5.69 Å². The lowest BCUT2D eigenvalue weighted by Gasteiger charge is -2.14. The van der Waals surface area contributed by atoms with Gasteiger partial charge in [0.05, 0.1) is 4.92 Å². The molecule has 6 nitrogen and oxygen atoms in total. The van der Waals surface area contributed by atoms with Crippen molar-refractivity contribution in [2.45, 2.75) is 25.7 Å². The van der Waals surface area contributed by atoms with Crippen LogP contribution < -0.4 is 5.32 Å². The molecule has 1 aliphatic rings. The second-order valence-corrected chi connectivity index (χ2v) is 5.88. The predicted octanol–water partition coefficient (Wildman–Crippen LogP) is 3.04. The zero-order valence-corrected chi connectivity index (χ0v) is 12.9. The van der Waals surface area contributed by atoms with E-state index in [1.807, 2.05) is 0 Å². The molecule has 1 aliphatic heterocycles. The first-order valence-corrected chi connectivity index (χ1v) is 7.72. The first kappa shape index (κ1) is 15.2. The van der Waals surface area contributed by atoms with Crippen molar-refractivity contribution in [3.63, 3.8) is 0 Å². The molecule has 2 rings (SSSR count). The number of nitro groups is 1. The monoisotopic (exact) mass is 342 g/mol. The molecule has 110 valence electrons. The van der Waals surface area contributed by atoms with Gasteiger partial charge in [-0.2, -0.15) is 0 Å². The van der Waals surface area contributed by atoms with E-state index < -0.39 is 4.92 Å². The maximum atomic E-state index is 10.9. The number of rotatable bonds is 7. The third kappa shape index (κ3) is 4.42. The molecule has 0 aromatic carbocycles. The van der Waals surface area contributed by atoms with Gasteiger partial charge in [-0.15, -0.1) is 0 Å². The number of pyridine rings is 1. The zero-order chi connectivity index (χ0) is 14.4. The highest BCUT2D eigenvalue weighted by Gasteiger charge is 2.15. The quantitative estimate of drug-likeness (QED) is 0.468. The highest BCUT2D eigenvalue weighted by molar-refractivity contribution is 9.10. The summed E-state index contributed by atoms with van der Waals surface area (Å²) in [5.41, 5.74) is 0.0129. The van der Waals surface area contributed by atoms with Crippen molar-refractivity contribution >= 4 is 27.4 Å². The molecule has 20 heavy (non-hydrogen) atoms. The van der Waals surface area contributed by atoms with E-state index in [-0.39, 0.29) is 5.69 Å². The fourth-order valence-corrected chi connectivity index (χ4v) is 2.70. The molecule has 0 radical (unpaired) electrons. The lowest BCUT2D eigenvalue weighted by Crippen LogP contribution is -2.21. The molecular weight excluding hydrogens is 324 g/mol. The van der Waals surface area contributed by atoms with Crippen molar-refractivity contribution in [2.75, 3.05) is 31.5 Å². The first-order chi connectivity index (χ1) is 9.66. The Bertz CT molecular complexity index is 464. The van der Waals surface area contributed by atoms with Gasteiger partial charge < -0.3 is 10.2 Å². The topological polar surface area (TPSA) is 71.3 Å². The maximum absolute atomic E-state index is 10.9. The van der Waals surface area contributed by atoms with Crippen LogP contribution in [0.4, 0.5) is 11.5 Å². The van der Waals surface area contributed by atoms with E-state index in [9.17, 15) is 10.1 Å². The Morgan fingerprint density at radius 2 is 2.15 bits per heavy atom. The van der Waals surface area contributed by atoms with E-state index in [0.717, 1.165) is 19.4 Å². The van der Waals surface area contributed by atoms with Crippen LogP contribution in [0.3, 0.4) is 0 Å². The van der Waals surface area contributed by atoms with Crippen molar-refractivity contribution in [3.05, 3.63) is 26.9 Å². The van der Waals surface area contributed by atoms with Crippen LogP contribution in [0.1, 0.15) is 25.7 Å². The molecule has 0 spiro atoms. The fourth-order valence-electron chi connectivity index (χ4n) is 2.38. The van der Waals surface area contributed by atoms with Gasteiger partial charge in [0.1, 0.15) is 0 Å². The Labute approximate surface area is 126 Å². The highest BCUT2D eigenvalue weighted by Crippen LogP contribution is 2.25.